The van der Waals surface area contributed by atoms with Gasteiger partial charge in [0.25, 0.3) is 0 Å². The third-order valence-corrected chi connectivity index (χ3v) is 2.91. The first-order chi connectivity index (χ1) is 11.7. The summed E-state index contributed by atoms with van der Waals surface area (Å²) in [6.45, 7) is 3.90. The Bertz CT molecular complexity index is 300. The third kappa shape index (κ3) is 51.6. The van der Waals surface area contributed by atoms with Crippen molar-refractivity contribution in [1.82, 2.24) is 0 Å². The fourth-order valence-electron chi connectivity index (χ4n) is 1.57. The van der Waals surface area contributed by atoms with Crippen molar-refractivity contribution < 1.29 is 41.2 Å². The number of terminal acetylenes is 1. The summed E-state index contributed by atoms with van der Waals surface area (Å²) in [5.41, 5.74) is 9.81. The summed E-state index contributed by atoms with van der Waals surface area (Å²) in [5.74, 6) is 8.51. The Morgan fingerprint density at radius 3 is 1.76 bits per heavy atom. The first-order valence-corrected chi connectivity index (χ1v) is 9.26. The van der Waals surface area contributed by atoms with E-state index in [-0.39, 0.29) is 37.6 Å². The summed E-state index contributed by atoms with van der Waals surface area (Å²) in [5, 5.41) is 16.8. The SMILES string of the molecule is C#CCCCCCCCO.CCCCCC#CCCO.NCCN.[H-].[Na+]. The number of aliphatic hydroxyl groups excluding tert-OH is 2. The molecule has 144 valence electrons. The van der Waals surface area contributed by atoms with Crippen LogP contribution < -0.4 is 41.0 Å². The number of aliphatic hydroxyl groups is 2. The average Bonchev–Trinajstić information content (AvgIpc) is 2.62. The Kier molecular flexibility index (Phi) is 51.1. The van der Waals surface area contributed by atoms with Gasteiger partial charge in [0.2, 0.25) is 0 Å². The van der Waals surface area contributed by atoms with Crippen LogP contribution in [0.1, 0.15) is 79.0 Å². The minimum atomic E-state index is 0. The zero-order valence-corrected chi connectivity index (χ0v) is 18.7. The maximum absolute atomic E-state index is 8.44. The molecule has 6 N–H and O–H groups in total. The standard InChI is InChI=1S/2C9H16O.C2H8N2.Na.H/c2*1-2-3-4-5-6-7-8-9-10;3-1-2-4;;/h10H,2-5,8-9H2,1H3;1,10H,3-9H2;1-4H2;;/q;;;+1;-1. The molecule has 0 aliphatic rings. The minimum Gasteiger partial charge on any atom is -1.00 e. The Morgan fingerprint density at radius 2 is 1.28 bits per heavy atom. The van der Waals surface area contributed by atoms with Gasteiger partial charge < -0.3 is 23.1 Å². The first-order valence-electron chi connectivity index (χ1n) is 9.26. The molecule has 0 atom stereocenters. The fourth-order valence-corrected chi connectivity index (χ4v) is 1.57. The molecule has 0 fully saturated rings. The number of hydrogen-bond donors (Lipinski definition) is 4. The molecule has 0 amide bonds. The normalized spacial score (nSPS) is 8.32. The summed E-state index contributed by atoms with van der Waals surface area (Å²) in [6, 6.07) is 0. The van der Waals surface area contributed by atoms with Crippen molar-refractivity contribution in [2.45, 2.75) is 77.6 Å². The molecule has 0 heterocycles. The molecule has 0 unspecified atom stereocenters. The molecule has 0 aliphatic carbocycles. The molecule has 0 aromatic heterocycles. The van der Waals surface area contributed by atoms with Crippen molar-refractivity contribution in [2.24, 2.45) is 11.5 Å². The van der Waals surface area contributed by atoms with Crippen LogP contribution in [0, 0.1) is 24.2 Å². The van der Waals surface area contributed by atoms with Crippen LogP contribution in [0.25, 0.3) is 0 Å². The second-order valence-corrected chi connectivity index (χ2v) is 5.31. The van der Waals surface area contributed by atoms with Gasteiger partial charge in [-0.25, -0.2) is 0 Å². The molecular weight excluding hydrogens is 323 g/mol. The van der Waals surface area contributed by atoms with Crippen LogP contribution in [0.5, 0.6) is 0 Å². The van der Waals surface area contributed by atoms with Gasteiger partial charge in [-0.1, -0.05) is 39.0 Å². The molecule has 0 radical (unpaired) electrons. The van der Waals surface area contributed by atoms with Gasteiger partial charge in [0.1, 0.15) is 0 Å². The van der Waals surface area contributed by atoms with E-state index in [2.05, 4.69) is 24.7 Å². The summed E-state index contributed by atoms with van der Waals surface area (Å²) in [6.07, 6.45) is 17.0. The zero-order valence-electron chi connectivity index (χ0n) is 17.7. The van der Waals surface area contributed by atoms with E-state index in [9.17, 15) is 0 Å². The number of rotatable bonds is 11. The molecule has 0 rings (SSSR count). The van der Waals surface area contributed by atoms with E-state index in [4.69, 9.17) is 28.1 Å². The second-order valence-electron chi connectivity index (χ2n) is 5.31. The quantitative estimate of drug-likeness (QED) is 0.234. The van der Waals surface area contributed by atoms with Gasteiger partial charge in [0.15, 0.2) is 0 Å². The minimum absolute atomic E-state index is 0. The van der Waals surface area contributed by atoms with E-state index in [0.717, 1.165) is 32.1 Å². The van der Waals surface area contributed by atoms with Crippen molar-refractivity contribution in [2.75, 3.05) is 26.3 Å². The monoisotopic (exact) mass is 364 g/mol. The summed E-state index contributed by atoms with van der Waals surface area (Å²) in [4.78, 5) is 0. The van der Waals surface area contributed by atoms with Gasteiger partial charge >= 0.3 is 29.6 Å². The molecule has 4 nitrogen and oxygen atoms in total. The van der Waals surface area contributed by atoms with Crippen LogP contribution >= 0.6 is 0 Å². The largest absolute Gasteiger partial charge is 1.00 e. The van der Waals surface area contributed by atoms with Gasteiger partial charge in [-0.2, -0.15) is 0 Å². The maximum Gasteiger partial charge on any atom is 1.00 e. The van der Waals surface area contributed by atoms with E-state index in [1.807, 2.05) is 0 Å². The molecule has 0 aromatic rings. The van der Waals surface area contributed by atoms with E-state index < -0.39 is 0 Å². The molecule has 0 aliphatic heterocycles. The van der Waals surface area contributed by atoms with Gasteiger partial charge in [0.05, 0.1) is 6.61 Å². The Hall–Kier alpha value is -0.0400. The first kappa shape index (κ1) is 32.6. The molecule has 5 heteroatoms. The Labute approximate surface area is 180 Å². The Balaban J connectivity index is -0.0000000883. The zero-order chi connectivity index (χ0) is 18.7. The van der Waals surface area contributed by atoms with Gasteiger partial charge in [-0.3, -0.25) is 0 Å². The second kappa shape index (κ2) is 39.2. The Morgan fingerprint density at radius 1 is 0.760 bits per heavy atom. The van der Waals surface area contributed by atoms with Gasteiger partial charge in [-0.05, 0) is 19.3 Å². The molecule has 0 saturated carbocycles. The van der Waals surface area contributed by atoms with Crippen molar-refractivity contribution in [3.05, 3.63) is 0 Å². The van der Waals surface area contributed by atoms with Crippen LogP contribution in [-0.2, 0) is 0 Å². The topological polar surface area (TPSA) is 92.5 Å². The summed E-state index contributed by atoms with van der Waals surface area (Å²) in [7, 11) is 0. The van der Waals surface area contributed by atoms with E-state index in [1.54, 1.807) is 0 Å². The van der Waals surface area contributed by atoms with Crippen LogP contribution in [0.3, 0.4) is 0 Å². The number of unbranched alkanes of at least 4 members (excludes halogenated alkanes) is 8. The van der Waals surface area contributed by atoms with Crippen LogP contribution in [0.4, 0.5) is 0 Å². The summed E-state index contributed by atoms with van der Waals surface area (Å²) < 4.78 is 0. The van der Waals surface area contributed by atoms with Crippen molar-refractivity contribution in [3.8, 4) is 24.2 Å². The predicted molar refractivity (Wildman–Crippen MR) is 106 cm³/mol. The maximum atomic E-state index is 8.44. The average molecular weight is 365 g/mol. The van der Waals surface area contributed by atoms with Gasteiger partial charge in [-0.15, -0.1) is 24.2 Å². The van der Waals surface area contributed by atoms with Crippen LogP contribution in [0.15, 0.2) is 0 Å². The molecule has 0 aromatic carbocycles. The van der Waals surface area contributed by atoms with Crippen LogP contribution in [-0.4, -0.2) is 36.5 Å². The van der Waals surface area contributed by atoms with Crippen molar-refractivity contribution >= 4 is 0 Å². The summed E-state index contributed by atoms with van der Waals surface area (Å²) >= 11 is 0. The smallest absolute Gasteiger partial charge is 1.00 e. The molecule has 0 saturated heterocycles. The molecule has 0 bridgehead atoms. The predicted octanol–water partition coefficient (Wildman–Crippen LogP) is -0.0747. The van der Waals surface area contributed by atoms with E-state index in [0.29, 0.717) is 26.1 Å². The van der Waals surface area contributed by atoms with E-state index >= 15 is 0 Å². The van der Waals surface area contributed by atoms with Gasteiger partial charge in [0, 0.05) is 39.0 Å². The number of nitrogens with two attached hydrogens (primary N) is 2. The number of hydrogen-bond acceptors (Lipinski definition) is 4. The molecular formula is C20H41N2NaO2. The molecule has 25 heavy (non-hydrogen) atoms. The molecule has 0 spiro atoms. The van der Waals surface area contributed by atoms with Crippen LogP contribution in [0.2, 0.25) is 0 Å². The van der Waals surface area contributed by atoms with Crippen molar-refractivity contribution in [1.29, 1.82) is 0 Å². The fraction of sp³-hybridized carbons (Fsp3) is 0.800. The third-order valence-electron chi connectivity index (χ3n) is 2.91. The van der Waals surface area contributed by atoms with E-state index in [1.165, 1.54) is 32.1 Å². The van der Waals surface area contributed by atoms with Crippen molar-refractivity contribution in [3.63, 3.8) is 0 Å².